The number of hydrogen-bond acceptors (Lipinski definition) is 4. The Morgan fingerprint density at radius 1 is 1.33 bits per heavy atom. The zero-order chi connectivity index (χ0) is 15.0. The van der Waals surface area contributed by atoms with Gasteiger partial charge < -0.3 is 5.32 Å². The molecule has 1 spiro atoms. The van der Waals surface area contributed by atoms with E-state index in [-0.39, 0.29) is 11.8 Å². The highest BCUT2D eigenvalue weighted by Crippen LogP contribution is 2.52. The van der Waals surface area contributed by atoms with Crippen molar-refractivity contribution in [3.05, 3.63) is 35.4 Å². The smallest absolute Gasteiger partial charge is 0.241 e. The van der Waals surface area contributed by atoms with Gasteiger partial charge in [0.05, 0.1) is 0 Å². The molecule has 0 saturated heterocycles. The molecular weight excluding hydrogens is 286 g/mol. The Hall–Kier alpha value is -1.82. The van der Waals surface area contributed by atoms with E-state index in [1.54, 1.807) is 0 Å². The van der Waals surface area contributed by atoms with Crippen molar-refractivity contribution in [2.75, 3.05) is 0 Å². The van der Waals surface area contributed by atoms with Crippen LogP contribution in [0.25, 0.3) is 0 Å². The molecule has 0 radical (unpaired) electrons. The fourth-order valence-electron chi connectivity index (χ4n) is 3.02. The van der Waals surface area contributed by atoms with Gasteiger partial charge in [-0.1, -0.05) is 36.0 Å². The van der Waals surface area contributed by atoms with E-state index in [0.717, 1.165) is 24.8 Å². The topological polar surface area (TPSA) is 61.8 Å². The Morgan fingerprint density at radius 3 is 2.81 bits per heavy atom. The van der Waals surface area contributed by atoms with E-state index in [9.17, 15) is 9.59 Å². The van der Waals surface area contributed by atoms with Crippen molar-refractivity contribution in [2.45, 2.75) is 38.0 Å². The fourth-order valence-corrected chi connectivity index (χ4v) is 4.47. The number of carbonyl (C=O) groups excluding carboxylic acids is 2. The first-order valence-corrected chi connectivity index (χ1v) is 7.79. The number of nitrogens with one attached hydrogen (secondary N) is 1. The van der Waals surface area contributed by atoms with Gasteiger partial charge >= 0.3 is 0 Å². The maximum Gasteiger partial charge on any atom is 0.241 e. The van der Waals surface area contributed by atoms with Crippen LogP contribution in [-0.4, -0.2) is 22.0 Å². The van der Waals surface area contributed by atoms with E-state index >= 15 is 0 Å². The number of thioether (sulfide) groups is 1. The Morgan fingerprint density at radius 2 is 2.10 bits per heavy atom. The van der Waals surface area contributed by atoms with Crippen LogP contribution in [-0.2, 0) is 20.9 Å². The molecule has 1 aromatic carbocycles. The number of hydrogen-bond donors (Lipinski definition) is 1. The van der Waals surface area contributed by atoms with Crippen molar-refractivity contribution in [1.82, 2.24) is 10.3 Å². The van der Waals surface area contributed by atoms with Crippen molar-refractivity contribution in [3.8, 4) is 0 Å². The van der Waals surface area contributed by atoms with Crippen LogP contribution in [0.1, 0.15) is 37.8 Å². The third-order valence-corrected chi connectivity index (χ3v) is 5.09. The molecule has 1 aliphatic heterocycles. The van der Waals surface area contributed by atoms with Crippen LogP contribution >= 0.6 is 11.8 Å². The normalized spacial score (nSPS) is 23.7. The average Bonchev–Trinajstić information content (AvgIpc) is 2.78. The van der Waals surface area contributed by atoms with Crippen LogP contribution < -0.4 is 5.32 Å². The largest absolute Gasteiger partial charge is 0.304 e. The van der Waals surface area contributed by atoms with Crippen LogP contribution in [0.4, 0.5) is 0 Å². The fraction of sp³-hybridized carbons (Fsp3) is 0.400. The first kappa shape index (κ1) is 14.1. The monoisotopic (exact) mass is 303 g/mol. The van der Waals surface area contributed by atoms with Gasteiger partial charge in [0, 0.05) is 13.8 Å². The Labute approximate surface area is 127 Å². The van der Waals surface area contributed by atoms with Gasteiger partial charge in [-0.15, -0.1) is 5.10 Å². The molecule has 2 aliphatic rings. The molecule has 0 bridgehead atoms. The van der Waals surface area contributed by atoms with Gasteiger partial charge in [-0.25, -0.2) is 5.01 Å². The molecule has 0 saturated carbocycles. The zero-order valence-corrected chi connectivity index (χ0v) is 12.9. The van der Waals surface area contributed by atoms with E-state index in [1.807, 2.05) is 12.1 Å². The number of amidine groups is 1. The molecule has 110 valence electrons. The quantitative estimate of drug-likeness (QED) is 0.799. The second-order valence-electron chi connectivity index (χ2n) is 5.31. The van der Waals surface area contributed by atoms with Gasteiger partial charge in [-0.3, -0.25) is 9.59 Å². The van der Waals surface area contributed by atoms with Crippen molar-refractivity contribution < 1.29 is 9.59 Å². The third kappa shape index (κ3) is 2.33. The first-order chi connectivity index (χ1) is 10.0. The summed E-state index contributed by atoms with van der Waals surface area (Å²) >= 11 is 1.46. The van der Waals surface area contributed by atoms with Gasteiger partial charge in [0.2, 0.25) is 11.8 Å². The molecule has 21 heavy (non-hydrogen) atoms. The van der Waals surface area contributed by atoms with Gasteiger partial charge in [0.25, 0.3) is 0 Å². The van der Waals surface area contributed by atoms with Crippen molar-refractivity contribution in [2.24, 2.45) is 5.10 Å². The Bertz CT molecular complexity index is 644. The van der Waals surface area contributed by atoms with E-state index < -0.39 is 4.87 Å². The number of rotatable bonds is 0. The summed E-state index contributed by atoms with van der Waals surface area (Å²) in [6, 6.07) is 8.17. The Balaban J connectivity index is 2.05. The van der Waals surface area contributed by atoms with E-state index in [2.05, 4.69) is 22.6 Å². The standard InChI is InChI=1S/C15H17N3O2S/c1-10(19)16-14-17-18(11(2)20)15(21-14)9-5-7-12-6-3-4-8-13(12)15/h3-4,6,8H,5,7,9H2,1-2H3,(H,16,17,19)/t15-/m1/s1. The first-order valence-electron chi connectivity index (χ1n) is 6.97. The molecule has 1 N–H and O–H groups in total. The molecule has 5 nitrogen and oxygen atoms in total. The number of carbonyl (C=O) groups is 2. The number of fused-ring (bicyclic) bond motifs is 2. The highest BCUT2D eigenvalue weighted by atomic mass is 32.2. The van der Waals surface area contributed by atoms with E-state index in [4.69, 9.17) is 0 Å². The lowest BCUT2D eigenvalue weighted by Gasteiger charge is -2.39. The lowest BCUT2D eigenvalue weighted by molar-refractivity contribution is -0.132. The summed E-state index contributed by atoms with van der Waals surface area (Å²) in [5, 5.41) is 9.07. The van der Waals surface area contributed by atoms with Gasteiger partial charge in [0.15, 0.2) is 5.17 Å². The summed E-state index contributed by atoms with van der Waals surface area (Å²) in [5.41, 5.74) is 2.38. The lowest BCUT2D eigenvalue weighted by atomic mass is 9.86. The predicted molar refractivity (Wildman–Crippen MR) is 82.4 cm³/mol. The summed E-state index contributed by atoms with van der Waals surface area (Å²) < 4.78 is 0. The number of aryl methyl sites for hydroxylation is 1. The van der Waals surface area contributed by atoms with Gasteiger partial charge in [0.1, 0.15) is 4.87 Å². The maximum atomic E-state index is 12.1. The SMILES string of the molecule is CC(=O)NC1=NN(C(C)=O)[C@]2(CCCc3ccccc32)S1. The van der Waals surface area contributed by atoms with Gasteiger partial charge in [-0.2, -0.15) is 0 Å². The summed E-state index contributed by atoms with van der Waals surface area (Å²) in [6.07, 6.45) is 2.84. The van der Waals surface area contributed by atoms with Crippen LogP contribution in [0.3, 0.4) is 0 Å². The summed E-state index contributed by atoms with van der Waals surface area (Å²) in [6.45, 7) is 2.96. The van der Waals surface area contributed by atoms with E-state index in [0.29, 0.717) is 5.17 Å². The van der Waals surface area contributed by atoms with E-state index in [1.165, 1.54) is 36.2 Å². The molecule has 0 unspecified atom stereocenters. The average molecular weight is 303 g/mol. The molecule has 3 rings (SSSR count). The molecule has 1 heterocycles. The van der Waals surface area contributed by atoms with Crippen LogP contribution in [0, 0.1) is 0 Å². The lowest BCUT2D eigenvalue weighted by Crippen LogP contribution is -2.42. The molecule has 1 aromatic rings. The highest BCUT2D eigenvalue weighted by Gasteiger charge is 2.49. The second-order valence-corrected chi connectivity index (χ2v) is 6.58. The van der Waals surface area contributed by atoms with Crippen molar-refractivity contribution >= 4 is 28.7 Å². The molecule has 2 amide bonds. The van der Waals surface area contributed by atoms with Crippen LogP contribution in [0.5, 0.6) is 0 Å². The second kappa shape index (κ2) is 5.18. The highest BCUT2D eigenvalue weighted by molar-refractivity contribution is 8.14. The molecular formula is C15H17N3O2S. The third-order valence-electron chi connectivity index (χ3n) is 3.78. The Kier molecular flexibility index (Phi) is 3.49. The minimum absolute atomic E-state index is 0.112. The predicted octanol–water partition coefficient (Wildman–Crippen LogP) is 2.18. The molecule has 1 atom stereocenters. The minimum Gasteiger partial charge on any atom is -0.304 e. The zero-order valence-electron chi connectivity index (χ0n) is 12.0. The van der Waals surface area contributed by atoms with Crippen molar-refractivity contribution in [3.63, 3.8) is 0 Å². The minimum atomic E-state index is -0.515. The molecule has 0 fully saturated rings. The maximum absolute atomic E-state index is 12.1. The molecule has 0 aromatic heterocycles. The molecule has 6 heteroatoms. The number of hydrazone groups is 1. The number of nitrogens with zero attached hydrogens (tertiary/aromatic N) is 2. The van der Waals surface area contributed by atoms with Crippen LogP contribution in [0.2, 0.25) is 0 Å². The van der Waals surface area contributed by atoms with Gasteiger partial charge in [-0.05, 0) is 30.4 Å². The summed E-state index contributed by atoms with van der Waals surface area (Å²) in [7, 11) is 0. The summed E-state index contributed by atoms with van der Waals surface area (Å²) in [5.74, 6) is -0.287. The number of benzene rings is 1. The molecule has 1 aliphatic carbocycles. The van der Waals surface area contributed by atoms with Crippen molar-refractivity contribution in [1.29, 1.82) is 0 Å². The number of amides is 2. The summed E-state index contributed by atoms with van der Waals surface area (Å²) in [4.78, 5) is 22.8. The van der Waals surface area contributed by atoms with Crippen LogP contribution in [0.15, 0.2) is 29.4 Å².